The Labute approximate surface area is 108 Å². The van der Waals surface area contributed by atoms with Crippen molar-refractivity contribution in [3.8, 4) is 0 Å². The summed E-state index contributed by atoms with van der Waals surface area (Å²) in [5.74, 6) is 0. The van der Waals surface area contributed by atoms with Gasteiger partial charge in [-0.2, -0.15) is 0 Å². The highest BCUT2D eigenvalue weighted by Gasteiger charge is 1.93. The topological polar surface area (TPSA) is 66.2 Å². The third-order valence-corrected chi connectivity index (χ3v) is 2.96. The lowest BCUT2D eigenvalue weighted by atomic mass is 10.1. The summed E-state index contributed by atoms with van der Waals surface area (Å²) >= 11 is 0. The van der Waals surface area contributed by atoms with Gasteiger partial charge in [-0.3, -0.25) is 0 Å². The molecule has 0 amide bonds. The molecule has 0 fully saturated rings. The van der Waals surface area contributed by atoms with Crippen molar-refractivity contribution in [2.24, 2.45) is 0 Å². The summed E-state index contributed by atoms with van der Waals surface area (Å²) in [6, 6.07) is 0. The van der Waals surface area contributed by atoms with Gasteiger partial charge in [-0.15, -0.1) is 0 Å². The molecule has 0 spiro atoms. The monoisotopic (exact) mass is 249 g/mol. The zero-order valence-electron chi connectivity index (χ0n) is 12.2. The Morgan fingerprint density at radius 3 is 1.29 bits per heavy atom. The number of rotatable bonds is 11. The average Bonchev–Trinajstić information content (AvgIpc) is 2.20. The van der Waals surface area contributed by atoms with Crippen molar-refractivity contribution in [1.82, 2.24) is 4.90 Å². The van der Waals surface area contributed by atoms with Crippen molar-refractivity contribution in [2.45, 2.75) is 71.1 Å². The third kappa shape index (κ3) is 21.7. The van der Waals surface area contributed by atoms with Gasteiger partial charge in [0.25, 0.3) is 0 Å². The molecule has 0 rings (SSSR count). The molecule has 0 atom stereocenters. The van der Waals surface area contributed by atoms with E-state index in [2.05, 4.69) is 25.9 Å². The van der Waals surface area contributed by atoms with Gasteiger partial charge < -0.3 is 15.9 Å². The van der Waals surface area contributed by atoms with E-state index in [4.69, 9.17) is 0 Å². The molecule has 0 saturated carbocycles. The van der Waals surface area contributed by atoms with Crippen LogP contribution in [0.4, 0.5) is 0 Å². The Balaban J connectivity index is -0.000000980. The van der Waals surface area contributed by atoms with Gasteiger partial charge in [0, 0.05) is 0 Å². The SMILES string of the molecule is CCCCCCCCCCCCN(C)C.O.O. The van der Waals surface area contributed by atoms with Gasteiger partial charge in [0.15, 0.2) is 0 Å². The van der Waals surface area contributed by atoms with Gasteiger partial charge in [0.2, 0.25) is 0 Å². The lowest BCUT2D eigenvalue weighted by molar-refractivity contribution is 0.389. The smallest absolute Gasteiger partial charge is 0.00248 e. The van der Waals surface area contributed by atoms with Crippen LogP contribution in [0, 0.1) is 0 Å². The minimum Gasteiger partial charge on any atom is -0.412 e. The number of nitrogens with zero attached hydrogens (tertiary/aromatic N) is 1. The number of hydrogen-bond donors (Lipinski definition) is 0. The third-order valence-electron chi connectivity index (χ3n) is 2.96. The van der Waals surface area contributed by atoms with Crippen molar-refractivity contribution in [3.63, 3.8) is 0 Å². The quantitative estimate of drug-likeness (QED) is 0.519. The minimum absolute atomic E-state index is 0. The van der Waals surface area contributed by atoms with Crippen LogP contribution in [-0.2, 0) is 0 Å². The zero-order valence-corrected chi connectivity index (χ0v) is 12.2. The van der Waals surface area contributed by atoms with E-state index in [0.29, 0.717) is 0 Å². The molecule has 17 heavy (non-hydrogen) atoms. The van der Waals surface area contributed by atoms with Crippen LogP contribution in [0.3, 0.4) is 0 Å². The van der Waals surface area contributed by atoms with Crippen LogP contribution in [0.25, 0.3) is 0 Å². The van der Waals surface area contributed by atoms with Crippen molar-refractivity contribution < 1.29 is 11.0 Å². The Kier molecular flexibility index (Phi) is 23.7. The largest absolute Gasteiger partial charge is 0.412 e. The molecule has 3 heteroatoms. The highest BCUT2D eigenvalue weighted by Crippen LogP contribution is 2.10. The fourth-order valence-electron chi connectivity index (χ4n) is 1.92. The first-order valence-electron chi connectivity index (χ1n) is 6.92. The number of hydrogen-bond acceptors (Lipinski definition) is 1. The Bertz CT molecular complexity index is 119. The highest BCUT2D eigenvalue weighted by molar-refractivity contribution is 4.49. The van der Waals surface area contributed by atoms with Crippen LogP contribution < -0.4 is 0 Å². The molecule has 0 unspecified atom stereocenters. The molecule has 3 nitrogen and oxygen atoms in total. The van der Waals surface area contributed by atoms with Gasteiger partial charge in [-0.1, -0.05) is 64.7 Å². The van der Waals surface area contributed by atoms with Crippen LogP contribution in [0.15, 0.2) is 0 Å². The zero-order chi connectivity index (χ0) is 11.4. The van der Waals surface area contributed by atoms with Crippen molar-refractivity contribution in [3.05, 3.63) is 0 Å². The normalized spacial score (nSPS) is 9.88. The minimum atomic E-state index is 0. The maximum Gasteiger partial charge on any atom is -0.00248 e. The first-order chi connectivity index (χ1) is 7.27. The molecule has 0 radical (unpaired) electrons. The molecule has 0 saturated heterocycles. The molecule has 0 aliphatic rings. The van der Waals surface area contributed by atoms with Gasteiger partial charge >= 0.3 is 0 Å². The molecular weight excluding hydrogens is 214 g/mol. The summed E-state index contributed by atoms with van der Waals surface area (Å²) in [5, 5.41) is 0. The summed E-state index contributed by atoms with van der Waals surface area (Å²) in [6.45, 7) is 3.54. The van der Waals surface area contributed by atoms with E-state index in [0.717, 1.165) is 0 Å². The summed E-state index contributed by atoms with van der Waals surface area (Å²) in [5.41, 5.74) is 0. The van der Waals surface area contributed by atoms with Gasteiger partial charge in [0.05, 0.1) is 0 Å². The van der Waals surface area contributed by atoms with Crippen molar-refractivity contribution >= 4 is 0 Å². The lowest BCUT2D eigenvalue weighted by Crippen LogP contribution is -2.12. The van der Waals surface area contributed by atoms with Crippen LogP contribution in [-0.4, -0.2) is 36.5 Å². The predicted octanol–water partition coefficient (Wildman–Crippen LogP) is 2.82. The molecule has 0 aliphatic heterocycles. The Morgan fingerprint density at radius 2 is 0.941 bits per heavy atom. The highest BCUT2D eigenvalue weighted by atomic mass is 16.0. The molecule has 0 aromatic carbocycles. The molecule has 0 aromatic heterocycles. The predicted molar refractivity (Wildman–Crippen MR) is 77.6 cm³/mol. The second-order valence-electron chi connectivity index (χ2n) is 4.99. The van der Waals surface area contributed by atoms with Gasteiger partial charge in [-0.05, 0) is 27.1 Å². The van der Waals surface area contributed by atoms with Gasteiger partial charge in [-0.25, -0.2) is 0 Å². The fraction of sp³-hybridized carbons (Fsp3) is 1.00. The first-order valence-corrected chi connectivity index (χ1v) is 6.92. The lowest BCUT2D eigenvalue weighted by Gasteiger charge is -2.08. The second kappa shape index (κ2) is 18.3. The summed E-state index contributed by atoms with van der Waals surface area (Å²) in [6.07, 6.45) is 14.4. The summed E-state index contributed by atoms with van der Waals surface area (Å²) in [7, 11) is 4.32. The second-order valence-corrected chi connectivity index (χ2v) is 4.99. The van der Waals surface area contributed by atoms with E-state index in [-0.39, 0.29) is 11.0 Å². The maximum atomic E-state index is 2.28. The van der Waals surface area contributed by atoms with Crippen LogP contribution in [0.2, 0.25) is 0 Å². The van der Waals surface area contributed by atoms with Crippen LogP contribution in [0.5, 0.6) is 0 Å². The van der Waals surface area contributed by atoms with E-state index < -0.39 is 0 Å². The molecule has 0 aromatic rings. The molecule has 0 aliphatic carbocycles. The average molecular weight is 249 g/mol. The molecule has 0 heterocycles. The van der Waals surface area contributed by atoms with E-state index in [1.54, 1.807) is 0 Å². The maximum absolute atomic E-state index is 2.28. The Hall–Kier alpha value is -0.120. The Morgan fingerprint density at radius 1 is 0.588 bits per heavy atom. The first kappa shape index (κ1) is 22.1. The molecular formula is C14H35NO2. The van der Waals surface area contributed by atoms with Gasteiger partial charge in [0.1, 0.15) is 0 Å². The summed E-state index contributed by atoms with van der Waals surface area (Å²) in [4.78, 5) is 2.28. The van der Waals surface area contributed by atoms with Crippen LogP contribution in [0.1, 0.15) is 71.1 Å². The van der Waals surface area contributed by atoms with E-state index in [9.17, 15) is 0 Å². The van der Waals surface area contributed by atoms with Crippen LogP contribution >= 0.6 is 0 Å². The van der Waals surface area contributed by atoms with E-state index >= 15 is 0 Å². The van der Waals surface area contributed by atoms with E-state index in [1.807, 2.05) is 0 Å². The standard InChI is InChI=1S/C14H31N.2H2O/c1-4-5-6-7-8-9-10-11-12-13-14-15(2)3;;/h4-14H2,1-3H3;2*1H2. The molecule has 0 bridgehead atoms. The summed E-state index contributed by atoms with van der Waals surface area (Å²) < 4.78 is 0. The fourth-order valence-corrected chi connectivity index (χ4v) is 1.92. The molecule has 108 valence electrons. The molecule has 4 N–H and O–H groups in total. The van der Waals surface area contributed by atoms with Crippen molar-refractivity contribution in [2.75, 3.05) is 20.6 Å². The number of unbranched alkanes of at least 4 members (excludes halogenated alkanes) is 9. The van der Waals surface area contributed by atoms with E-state index in [1.165, 1.54) is 70.8 Å². The van der Waals surface area contributed by atoms with Crippen molar-refractivity contribution in [1.29, 1.82) is 0 Å².